The summed E-state index contributed by atoms with van der Waals surface area (Å²) in [5, 5.41) is 2.69. The zero-order valence-corrected chi connectivity index (χ0v) is 17.2. The van der Waals surface area contributed by atoms with Crippen LogP contribution in [-0.4, -0.2) is 31.9 Å². The van der Waals surface area contributed by atoms with E-state index in [-0.39, 0.29) is 27.6 Å². The maximum Gasteiger partial charge on any atom is 0.257 e. The number of nitrogens with zero attached hydrogens (tertiary/aromatic N) is 1. The fourth-order valence-corrected chi connectivity index (χ4v) is 5.29. The molecule has 3 amide bonds. The molecule has 3 N–H and O–H groups in total. The second-order valence-corrected chi connectivity index (χ2v) is 9.49. The van der Waals surface area contributed by atoms with Gasteiger partial charge in [-0.1, -0.05) is 11.6 Å². The third kappa shape index (κ3) is 3.96. The number of nitrogens with two attached hydrogens (primary N) is 1. The predicted molar refractivity (Wildman–Crippen MR) is 109 cm³/mol. The summed E-state index contributed by atoms with van der Waals surface area (Å²) in [4.78, 5) is 36.3. The van der Waals surface area contributed by atoms with Crippen molar-refractivity contribution in [3.63, 3.8) is 0 Å². The number of carbonyl (C=O) groups excluding carboxylic acids is 3. The zero-order chi connectivity index (χ0) is 21.6. The smallest absolute Gasteiger partial charge is 0.257 e. The van der Waals surface area contributed by atoms with Crippen LogP contribution in [0, 0.1) is 5.41 Å². The average Bonchev–Trinajstić information content (AvgIpc) is 2.79. The van der Waals surface area contributed by atoms with Crippen molar-refractivity contribution in [2.24, 2.45) is 11.1 Å². The van der Waals surface area contributed by atoms with Gasteiger partial charge in [0.15, 0.2) is 0 Å². The first-order chi connectivity index (χ1) is 13.4. The molecule has 3 rings (SSSR count). The van der Waals surface area contributed by atoms with E-state index in [1.54, 1.807) is 13.8 Å². The van der Waals surface area contributed by atoms with Gasteiger partial charge in [0.25, 0.3) is 5.91 Å². The minimum Gasteiger partial charge on any atom is -0.366 e. The summed E-state index contributed by atoms with van der Waals surface area (Å²) in [7, 11) is -3.86. The van der Waals surface area contributed by atoms with Crippen LogP contribution in [0.3, 0.4) is 0 Å². The number of sulfonamides is 1. The Morgan fingerprint density at radius 1 is 1.14 bits per heavy atom. The van der Waals surface area contributed by atoms with Crippen LogP contribution in [0.1, 0.15) is 34.6 Å². The largest absolute Gasteiger partial charge is 0.366 e. The molecule has 1 aliphatic heterocycles. The van der Waals surface area contributed by atoms with Crippen molar-refractivity contribution in [2.45, 2.75) is 13.8 Å². The van der Waals surface area contributed by atoms with Crippen LogP contribution in [0.25, 0.3) is 0 Å². The van der Waals surface area contributed by atoms with Crippen LogP contribution in [0.4, 0.5) is 11.4 Å². The van der Waals surface area contributed by atoms with Gasteiger partial charge in [-0.25, -0.2) is 12.7 Å². The zero-order valence-electron chi connectivity index (χ0n) is 15.6. The van der Waals surface area contributed by atoms with Gasteiger partial charge in [-0.15, -0.1) is 0 Å². The van der Waals surface area contributed by atoms with Crippen molar-refractivity contribution in [3.8, 4) is 0 Å². The molecule has 1 heterocycles. The summed E-state index contributed by atoms with van der Waals surface area (Å²) in [5.74, 6) is -2.10. The van der Waals surface area contributed by atoms with Gasteiger partial charge in [0.2, 0.25) is 21.8 Å². The van der Waals surface area contributed by atoms with E-state index in [4.69, 9.17) is 17.3 Å². The molecule has 8 nitrogen and oxygen atoms in total. The lowest BCUT2D eigenvalue weighted by molar-refractivity contribution is -0.123. The highest BCUT2D eigenvalue weighted by Crippen LogP contribution is 2.37. The lowest BCUT2D eigenvalue weighted by Gasteiger charge is -2.18. The number of amides is 3. The Bertz CT molecular complexity index is 1130. The van der Waals surface area contributed by atoms with Gasteiger partial charge in [0.1, 0.15) is 0 Å². The monoisotopic (exact) mass is 435 g/mol. The standard InChI is InChI=1S/C19H18ClN3O5S/c1-19(2)10-29(27,28)23(18(19)26)13-7-8-15(20)14(9-13)17(25)22-12-5-3-11(4-6-12)16(21)24/h3-9H,10H2,1-2H3,(H2,21,24)(H,22,25). The highest BCUT2D eigenvalue weighted by molar-refractivity contribution is 7.94. The Labute approximate surface area is 172 Å². The van der Waals surface area contributed by atoms with E-state index in [9.17, 15) is 22.8 Å². The Morgan fingerprint density at radius 3 is 2.28 bits per heavy atom. The molecule has 0 bridgehead atoms. The summed E-state index contributed by atoms with van der Waals surface area (Å²) < 4.78 is 25.6. The molecule has 152 valence electrons. The van der Waals surface area contributed by atoms with Crippen LogP contribution in [0.2, 0.25) is 5.02 Å². The van der Waals surface area contributed by atoms with E-state index in [0.717, 1.165) is 0 Å². The van der Waals surface area contributed by atoms with Crippen LogP contribution in [0.15, 0.2) is 42.5 Å². The minimum atomic E-state index is -3.86. The first-order valence-corrected chi connectivity index (χ1v) is 10.5. The molecule has 0 radical (unpaired) electrons. The van der Waals surface area contributed by atoms with E-state index >= 15 is 0 Å². The highest BCUT2D eigenvalue weighted by Gasteiger charge is 2.50. The van der Waals surface area contributed by atoms with Crippen molar-refractivity contribution in [3.05, 3.63) is 58.6 Å². The molecular weight excluding hydrogens is 418 g/mol. The topological polar surface area (TPSA) is 127 Å². The van der Waals surface area contributed by atoms with Crippen LogP contribution in [-0.2, 0) is 14.8 Å². The lowest BCUT2D eigenvalue weighted by Crippen LogP contribution is -2.33. The molecule has 0 saturated carbocycles. The van der Waals surface area contributed by atoms with Crippen molar-refractivity contribution in [1.82, 2.24) is 0 Å². The normalized spacial score (nSPS) is 17.2. The molecule has 1 saturated heterocycles. The first kappa shape index (κ1) is 20.8. The summed E-state index contributed by atoms with van der Waals surface area (Å²) in [6.45, 7) is 3.10. The number of hydrogen-bond acceptors (Lipinski definition) is 5. The summed E-state index contributed by atoms with van der Waals surface area (Å²) in [5.41, 5.74) is 4.81. The number of anilines is 2. The number of nitrogens with one attached hydrogen (secondary N) is 1. The van der Waals surface area contributed by atoms with Crippen LogP contribution in [0.5, 0.6) is 0 Å². The number of carbonyl (C=O) groups is 3. The Hall–Kier alpha value is -2.91. The molecule has 29 heavy (non-hydrogen) atoms. The summed E-state index contributed by atoms with van der Waals surface area (Å²) in [6, 6.07) is 9.88. The predicted octanol–water partition coefficient (Wildman–Crippen LogP) is 2.39. The van der Waals surface area contributed by atoms with E-state index in [1.165, 1.54) is 42.5 Å². The number of halogens is 1. The first-order valence-electron chi connectivity index (χ1n) is 8.50. The van der Waals surface area contributed by atoms with Crippen molar-refractivity contribution < 1.29 is 22.8 Å². The number of hydrogen-bond donors (Lipinski definition) is 2. The average molecular weight is 436 g/mol. The van der Waals surface area contributed by atoms with Gasteiger partial charge in [0, 0.05) is 11.3 Å². The Morgan fingerprint density at radius 2 is 1.76 bits per heavy atom. The maximum atomic E-state index is 12.7. The van der Waals surface area contributed by atoms with Crippen molar-refractivity contribution in [2.75, 3.05) is 15.4 Å². The molecule has 0 aliphatic carbocycles. The number of rotatable bonds is 4. The number of primary amides is 1. The number of benzene rings is 2. The molecular formula is C19H18ClN3O5S. The van der Waals surface area contributed by atoms with E-state index in [1.807, 2.05) is 0 Å². The summed E-state index contributed by atoms with van der Waals surface area (Å²) >= 11 is 6.12. The molecule has 1 fully saturated rings. The quantitative estimate of drug-likeness (QED) is 0.762. The van der Waals surface area contributed by atoms with E-state index in [0.29, 0.717) is 9.99 Å². The van der Waals surface area contributed by atoms with Gasteiger partial charge in [-0.05, 0) is 56.3 Å². The molecule has 0 unspecified atom stereocenters. The SMILES string of the molecule is CC1(C)CS(=O)(=O)N(c2ccc(Cl)c(C(=O)Nc3ccc(C(N)=O)cc3)c2)C1=O. The van der Waals surface area contributed by atoms with E-state index < -0.39 is 33.2 Å². The third-order valence-corrected chi connectivity index (χ3v) is 6.79. The van der Waals surface area contributed by atoms with Gasteiger partial charge >= 0.3 is 0 Å². The third-order valence-electron chi connectivity index (χ3n) is 4.44. The Balaban J connectivity index is 1.92. The lowest BCUT2D eigenvalue weighted by atomic mass is 9.95. The van der Waals surface area contributed by atoms with E-state index in [2.05, 4.69) is 5.32 Å². The fourth-order valence-electron chi connectivity index (χ4n) is 2.99. The molecule has 0 atom stereocenters. The van der Waals surface area contributed by atoms with Crippen LogP contribution >= 0.6 is 11.6 Å². The molecule has 1 aliphatic rings. The highest BCUT2D eigenvalue weighted by atomic mass is 35.5. The van der Waals surface area contributed by atoms with Crippen molar-refractivity contribution >= 4 is 50.7 Å². The second-order valence-electron chi connectivity index (χ2n) is 7.27. The molecule has 0 spiro atoms. The van der Waals surface area contributed by atoms with Gasteiger partial charge < -0.3 is 11.1 Å². The maximum absolute atomic E-state index is 12.7. The van der Waals surface area contributed by atoms with Gasteiger partial charge in [-0.3, -0.25) is 14.4 Å². The molecule has 2 aromatic rings. The summed E-state index contributed by atoms with van der Waals surface area (Å²) in [6.07, 6.45) is 0. The van der Waals surface area contributed by atoms with Crippen molar-refractivity contribution in [1.29, 1.82) is 0 Å². The van der Waals surface area contributed by atoms with Gasteiger partial charge in [0.05, 0.1) is 27.4 Å². The van der Waals surface area contributed by atoms with Crippen LogP contribution < -0.4 is 15.4 Å². The minimum absolute atomic E-state index is 0.00384. The molecule has 2 aromatic carbocycles. The molecule has 10 heteroatoms. The molecule has 0 aromatic heterocycles. The second kappa shape index (κ2) is 7.16. The fraction of sp³-hybridized carbons (Fsp3) is 0.211. The van der Waals surface area contributed by atoms with Gasteiger partial charge in [-0.2, -0.15) is 0 Å². The Kier molecular flexibility index (Phi) is 5.14.